The third-order valence-electron chi connectivity index (χ3n) is 3.17. The van der Waals surface area contributed by atoms with Gasteiger partial charge in [-0.1, -0.05) is 41.6 Å². The van der Waals surface area contributed by atoms with Gasteiger partial charge in [0.2, 0.25) is 7.31 Å². The van der Waals surface area contributed by atoms with E-state index in [1.807, 2.05) is 42.5 Å². The molecule has 0 spiro atoms. The minimum atomic E-state index is -0.141. The quantitative estimate of drug-likeness (QED) is 0.719. The van der Waals surface area contributed by atoms with Crippen molar-refractivity contribution in [3.05, 3.63) is 59.9 Å². The number of hydrogen-bond acceptors (Lipinski definition) is 3. The number of carbonyl (C=O) groups excluding carboxylic acids is 1. The number of nitrogens with one attached hydrogen (secondary N) is 1. The zero-order chi connectivity index (χ0) is 14.7. The minimum absolute atomic E-state index is 0.141. The van der Waals surface area contributed by atoms with E-state index in [4.69, 9.17) is 7.74 Å². The molecular formula is C14H11B2N4O. The van der Waals surface area contributed by atoms with Crippen molar-refractivity contribution in [3.63, 3.8) is 0 Å². The van der Waals surface area contributed by atoms with Crippen LogP contribution in [0.3, 0.4) is 0 Å². The van der Waals surface area contributed by atoms with Crippen molar-refractivity contribution in [1.82, 2.24) is 20.2 Å². The summed E-state index contributed by atoms with van der Waals surface area (Å²) in [5, 5.41) is 12.5. The van der Waals surface area contributed by atoms with Crippen molar-refractivity contribution >= 4 is 31.7 Å². The lowest BCUT2D eigenvalue weighted by Gasteiger charge is -2.06. The molecule has 1 heterocycles. The van der Waals surface area contributed by atoms with Crippen LogP contribution in [0.2, 0.25) is 0 Å². The molecule has 0 fully saturated rings. The summed E-state index contributed by atoms with van der Waals surface area (Å²) in [4.78, 5) is 12.3. The molecule has 1 aromatic heterocycles. The molecule has 21 heavy (non-hydrogen) atoms. The molecule has 99 valence electrons. The van der Waals surface area contributed by atoms with Crippen molar-refractivity contribution < 1.29 is 4.79 Å². The van der Waals surface area contributed by atoms with Crippen molar-refractivity contribution in [2.75, 3.05) is 0 Å². The first-order valence-electron chi connectivity index (χ1n) is 6.49. The summed E-state index contributed by atoms with van der Waals surface area (Å²) in [5.41, 5.74) is 1.29. The molecule has 0 atom stereocenters. The average Bonchev–Trinajstić information content (AvgIpc) is 3.00. The normalized spacial score (nSPS) is 10.5. The first-order chi connectivity index (χ1) is 10.3. The largest absolute Gasteiger partial charge is 0.346 e. The number of nitrogens with zero attached hydrogens (tertiary/aromatic N) is 3. The first kappa shape index (κ1) is 13.4. The SMILES string of the molecule is [B][B]n1cc(CNC(=O)c2cccc3ccccc23)nn1. The van der Waals surface area contributed by atoms with Crippen LogP contribution in [-0.4, -0.2) is 35.9 Å². The molecule has 1 amide bonds. The van der Waals surface area contributed by atoms with Gasteiger partial charge in [-0.3, -0.25) is 4.79 Å². The number of amides is 1. The van der Waals surface area contributed by atoms with Crippen LogP contribution in [-0.2, 0) is 6.54 Å². The predicted molar refractivity (Wildman–Crippen MR) is 82.0 cm³/mol. The highest BCUT2D eigenvalue weighted by atomic mass is 16.1. The number of hydrogen-bond donors (Lipinski definition) is 1. The highest BCUT2D eigenvalue weighted by Crippen LogP contribution is 2.18. The van der Waals surface area contributed by atoms with Crippen LogP contribution in [0.5, 0.6) is 0 Å². The van der Waals surface area contributed by atoms with E-state index < -0.39 is 0 Å². The van der Waals surface area contributed by atoms with Gasteiger partial charge in [0.1, 0.15) is 5.69 Å². The Hall–Kier alpha value is -2.56. The molecule has 1 N–H and O–H groups in total. The Labute approximate surface area is 124 Å². The summed E-state index contributed by atoms with van der Waals surface area (Å²) in [7, 11) is 6.62. The molecule has 2 aromatic carbocycles. The molecule has 0 aliphatic rings. The lowest BCUT2D eigenvalue weighted by atomic mass is 9.67. The lowest BCUT2D eigenvalue weighted by Crippen LogP contribution is -2.23. The monoisotopic (exact) mass is 273 g/mol. The average molecular weight is 273 g/mol. The molecule has 0 unspecified atom stereocenters. The van der Waals surface area contributed by atoms with E-state index in [-0.39, 0.29) is 5.91 Å². The molecule has 0 aliphatic heterocycles. The van der Waals surface area contributed by atoms with Gasteiger partial charge >= 0.3 is 0 Å². The van der Waals surface area contributed by atoms with Crippen molar-refractivity contribution in [2.24, 2.45) is 0 Å². The fraction of sp³-hybridized carbons (Fsp3) is 0.0714. The maximum atomic E-state index is 12.3. The summed E-state index contributed by atoms with van der Waals surface area (Å²) in [6.45, 7) is 0.301. The van der Waals surface area contributed by atoms with Gasteiger partial charge in [-0.2, -0.15) is 0 Å². The standard InChI is InChI=1S/C14H11B2N4O/c15-16-20-9-11(18-19-20)8-17-14(21)13-7-3-5-10-4-1-2-6-12(10)13/h1-7,9H,8H2,(H,17,21). The zero-order valence-corrected chi connectivity index (χ0v) is 11.2. The third kappa shape index (κ3) is 2.81. The molecule has 5 nitrogen and oxygen atoms in total. The van der Waals surface area contributed by atoms with Crippen LogP contribution in [0.4, 0.5) is 0 Å². The summed E-state index contributed by atoms with van der Waals surface area (Å²) in [5.74, 6) is -0.141. The van der Waals surface area contributed by atoms with E-state index in [2.05, 4.69) is 15.6 Å². The minimum Gasteiger partial charge on any atom is -0.346 e. The van der Waals surface area contributed by atoms with Crippen LogP contribution in [0.15, 0.2) is 48.7 Å². The van der Waals surface area contributed by atoms with Crippen LogP contribution in [0.1, 0.15) is 16.1 Å². The molecule has 0 saturated carbocycles. The molecule has 3 rings (SSSR count). The second kappa shape index (κ2) is 5.83. The number of aromatic nitrogens is 3. The van der Waals surface area contributed by atoms with E-state index in [0.717, 1.165) is 10.8 Å². The molecule has 0 bridgehead atoms. The number of benzene rings is 2. The predicted octanol–water partition coefficient (Wildman–Crippen LogP) is 0.912. The van der Waals surface area contributed by atoms with Crippen LogP contribution in [0, 0.1) is 0 Å². The Morgan fingerprint density at radius 3 is 2.86 bits per heavy atom. The van der Waals surface area contributed by atoms with Crippen molar-refractivity contribution in [2.45, 2.75) is 6.54 Å². The second-order valence-electron chi connectivity index (χ2n) is 4.55. The van der Waals surface area contributed by atoms with Gasteiger partial charge in [0.15, 0.2) is 0 Å². The van der Waals surface area contributed by atoms with Gasteiger partial charge in [0, 0.05) is 19.5 Å². The zero-order valence-electron chi connectivity index (χ0n) is 11.2. The van der Waals surface area contributed by atoms with E-state index in [9.17, 15) is 4.79 Å². The smallest absolute Gasteiger partial charge is 0.252 e. The van der Waals surface area contributed by atoms with E-state index in [0.29, 0.717) is 17.8 Å². The Morgan fingerprint density at radius 1 is 1.24 bits per heavy atom. The fourth-order valence-electron chi connectivity index (χ4n) is 2.16. The maximum absolute atomic E-state index is 12.3. The molecule has 7 heteroatoms. The summed E-state index contributed by atoms with van der Waals surface area (Å²) < 4.78 is 1.39. The van der Waals surface area contributed by atoms with Gasteiger partial charge in [0.05, 0.1) is 6.54 Å². The Bertz CT molecular complexity index is 782. The molecule has 0 saturated heterocycles. The van der Waals surface area contributed by atoms with Gasteiger partial charge in [-0.05, 0) is 16.8 Å². The van der Waals surface area contributed by atoms with Gasteiger partial charge in [-0.25, -0.2) is 0 Å². The Balaban J connectivity index is 1.78. The van der Waals surface area contributed by atoms with Crippen molar-refractivity contribution in [3.8, 4) is 0 Å². The number of rotatable bonds is 4. The summed E-state index contributed by atoms with van der Waals surface area (Å²) in [6.07, 6.45) is 1.66. The van der Waals surface area contributed by atoms with E-state index in [1.165, 1.54) is 11.9 Å². The van der Waals surface area contributed by atoms with E-state index in [1.54, 1.807) is 6.20 Å². The maximum Gasteiger partial charge on any atom is 0.252 e. The van der Waals surface area contributed by atoms with Gasteiger partial charge in [0.25, 0.3) is 5.91 Å². The van der Waals surface area contributed by atoms with Gasteiger partial charge in [-0.15, -0.1) is 5.10 Å². The number of carbonyl (C=O) groups is 1. The van der Waals surface area contributed by atoms with E-state index >= 15 is 0 Å². The second-order valence-corrected chi connectivity index (χ2v) is 4.55. The fourth-order valence-corrected chi connectivity index (χ4v) is 2.16. The summed E-state index contributed by atoms with van der Waals surface area (Å²) >= 11 is 0. The van der Waals surface area contributed by atoms with Crippen LogP contribution >= 0.6 is 0 Å². The highest BCUT2D eigenvalue weighted by molar-refractivity contribution is 6.88. The Kier molecular flexibility index (Phi) is 3.73. The summed E-state index contributed by atoms with van der Waals surface area (Å²) in [6, 6.07) is 13.4. The molecule has 3 radical (unpaired) electrons. The van der Waals surface area contributed by atoms with Crippen molar-refractivity contribution in [1.29, 1.82) is 0 Å². The lowest BCUT2D eigenvalue weighted by molar-refractivity contribution is 0.0952. The molecule has 3 aromatic rings. The molecular weight excluding hydrogens is 262 g/mol. The van der Waals surface area contributed by atoms with Crippen LogP contribution < -0.4 is 5.32 Å². The number of fused-ring (bicyclic) bond motifs is 1. The topological polar surface area (TPSA) is 59.8 Å². The first-order valence-corrected chi connectivity index (χ1v) is 6.49. The third-order valence-corrected chi connectivity index (χ3v) is 3.17. The van der Waals surface area contributed by atoms with Crippen LogP contribution in [0.25, 0.3) is 10.8 Å². The Morgan fingerprint density at radius 2 is 2.05 bits per heavy atom. The van der Waals surface area contributed by atoms with Gasteiger partial charge < -0.3 is 9.91 Å². The molecule has 0 aliphatic carbocycles. The highest BCUT2D eigenvalue weighted by Gasteiger charge is 2.10.